The minimum Gasteiger partial charge on any atom is -0.380 e. The molecular weight excluding hydrogens is 280 g/mol. The smallest absolute Gasteiger partial charge is 0.123 e. The fourth-order valence-electron chi connectivity index (χ4n) is 2.35. The van der Waals surface area contributed by atoms with Crippen LogP contribution in [0, 0.1) is 6.92 Å². The molecule has 1 aromatic carbocycles. The molecular formula is C17H24N2OS. The molecule has 4 heteroatoms. The first-order valence-corrected chi connectivity index (χ1v) is 8.26. The molecule has 0 aliphatic carbocycles. The second-order valence-electron chi connectivity index (χ2n) is 5.28. The SMILES string of the molecule is CCCNC(C)c1sc(-c2cccc(COC)c2)nc1C. The highest BCUT2D eigenvalue weighted by Crippen LogP contribution is 2.32. The molecule has 1 unspecified atom stereocenters. The summed E-state index contributed by atoms with van der Waals surface area (Å²) in [5, 5.41) is 4.62. The van der Waals surface area contributed by atoms with Crippen LogP contribution in [0.4, 0.5) is 0 Å². The van der Waals surface area contributed by atoms with E-state index in [1.807, 2.05) is 0 Å². The molecule has 0 bridgehead atoms. The molecule has 0 amide bonds. The predicted molar refractivity (Wildman–Crippen MR) is 89.7 cm³/mol. The Balaban J connectivity index is 2.23. The van der Waals surface area contributed by atoms with E-state index < -0.39 is 0 Å². The first-order chi connectivity index (χ1) is 10.2. The number of hydrogen-bond donors (Lipinski definition) is 1. The van der Waals surface area contributed by atoms with E-state index in [1.165, 1.54) is 16.0 Å². The zero-order valence-corrected chi connectivity index (χ0v) is 14.1. The second-order valence-corrected chi connectivity index (χ2v) is 6.31. The van der Waals surface area contributed by atoms with Crippen molar-refractivity contribution < 1.29 is 4.74 Å². The minimum absolute atomic E-state index is 0.360. The molecule has 2 rings (SSSR count). The molecule has 0 aliphatic rings. The topological polar surface area (TPSA) is 34.1 Å². The fraction of sp³-hybridized carbons (Fsp3) is 0.471. The summed E-state index contributed by atoms with van der Waals surface area (Å²) in [5.41, 5.74) is 3.48. The maximum absolute atomic E-state index is 5.20. The monoisotopic (exact) mass is 304 g/mol. The van der Waals surface area contributed by atoms with Gasteiger partial charge in [0.05, 0.1) is 12.3 Å². The molecule has 0 radical (unpaired) electrons. The fourth-order valence-corrected chi connectivity index (χ4v) is 3.44. The first-order valence-electron chi connectivity index (χ1n) is 7.44. The average Bonchev–Trinajstić information content (AvgIpc) is 2.87. The number of hydrogen-bond acceptors (Lipinski definition) is 4. The van der Waals surface area contributed by atoms with E-state index in [4.69, 9.17) is 9.72 Å². The van der Waals surface area contributed by atoms with E-state index >= 15 is 0 Å². The third-order valence-electron chi connectivity index (χ3n) is 3.41. The van der Waals surface area contributed by atoms with Crippen molar-refractivity contribution in [2.75, 3.05) is 13.7 Å². The Morgan fingerprint density at radius 3 is 2.90 bits per heavy atom. The zero-order chi connectivity index (χ0) is 15.2. The van der Waals surface area contributed by atoms with Crippen molar-refractivity contribution in [2.24, 2.45) is 0 Å². The summed E-state index contributed by atoms with van der Waals surface area (Å²) in [5.74, 6) is 0. The van der Waals surface area contributed by atoms with Gasteiger partial charge < -0.3 is 10.1 Å². The molecule has 1 atom stereocenters. The maximum atomic E-state index is 5.20. The molecule has 0 saturated heterocycles. The molecule has 0 aliphatic heterocycles. The molecule has 0 saturated carbocycles. The third kappa shape index (κ3) is 4.13. The minimum atomic E-state index is 0.360. The summed E-state index contributed by atoms with van der Waals surface area (Å²) in [4.78, 5) is 6.08. The lowest BCUT2D eigenvalue weighted by Crippen LogP contribution is -2.18. The number of nitrogens with zero attached hydrogens (tertiary/aromatic N) is 1. The number of thiazole rings is 1. The van der Waals surface area contributed by atoms with Gasteiger partial charge in [-0.1, -0.05) is 25.1 Å². The Morgan fingerprint density at radius 1 is 1.38 bits per heavy atom. The van der Waals surface area contributed by atoms with Crippen LogP contribution in [0.25, 0.3) is 10.6 Å². The zero-order valence-electron chi connectivity index (χ0n) is 13.3. The van der Waals surface area contributed by atoms with Gasteiger partial charge in [0.15, 0.2) is 0 Å². The number of nitrogens with one attached hydrogen (secondary N) is 1. The first kappa shape index (κ1) is 16.1. The summed E-state index contributed by atoms with van der Waals surface area (Å²) in [6.07, 6.45) is 1.15. The van der Waals surface area contributed by atoms with Crippen molar-refractivity contribution >= 4 is 11.3 Å². The van der Waals surface area contributed by atoms with Gasteiger partial charge in [-0.2, -0.15) is 0 Å². The number of rotatable bonds is 7. The second kappa shape index (κ2) is 7.69. The molecule has 21 heavy (non-hydrogen) atoms. The largest absolute Gasteiger partial charge is 0.380 e. The van der Waals surface area contributed by atoms with Crippen LogP contribution in [0.2, 0.25) is 0 Å². The Bertz CT molecular complexity index is 580. The lowest BCUT2D eigenvalue weighted by atomic mass is 10.1. The molecule has 3 nitrogen and oxygen atoms in total. The molecule has 0 fully saturated rings. The summed E-state index contributed by atoms with van der Waals surface area (Å²) in [7, 11) is 1.72. The van der Waals surface area contributed by atoms with Crippen LogP contribution < -0.4 is 5.32 Å². The van der Waals surface area contributed by atoms with Crippen LogP contribution in [-0.2, 0) is 11.3 Å². The maximum Gasteiger partial charge on any atom is 0.123 e. The van der Waals surface area contributed by atoms with Gasteiger partial charge in [0, 0.05) is 23.6 Å². The van der Waals surface area contributed by atoms with E-state index in [-0.39, 0.29) is 0 Å². The number of ether oxygens (including phenoxy) is 1. The van der Waals surface area contributed by atoms with Crippen LogP contribution in [-0.4, -0.2) is 18.6 Å². The van der Waals surface area contributed by atoms with Crippen molar-refractivity contribution in [1.29, 1.82) is 0 Å². The molecule has 1 heterocycles. The summed E-state index contributed by atoms with van der Waals surface area (Å²) >= 11 is 1.78. The molecule has 0 spiro atoms. The standard InChI is InChI=1S/C17H24N2OS/c1-5-9-18-12(2)16-13(3)19-17(21-16)15-8-6-7-14(10-15)11-20-4/h6-8,10,12,18H,5,9,11H2,1-4H3. The van der Waals surface area contributed by atoms with Crippen LogP contribution in [0.5, 0.6) is 0 Å². The van der Waals surface area contributed by atoms with Gasteiger partial charge >= 0.3 is 0 Å². The van der Waals surface area contributed by atoms with Gasteiger partial charge in [0.25, 0.3) is 0 Å². The van der Waals surface area contributed by atoms with Crippen molar-refractivity contribution in [1.82, 2.24) is 10.3 Å². The molecule has 1 aromatic heterocycles. The molecule has 114 valence electrons. The molecule has 2 aromatic rings. The van der Waals surface area contributed by atoms with Crippen LogP contribution >= 0.6 is 11.3 Å². The van der Waals surface area contributed by atoms with E-state index in [2.05, 4.69) is 50.4 Å². The number of aromatic nitrogens is 1. The van der Waals surface area contributed by atoms with E-state index in [1.54, 1.807) is 18.4 Å². The number of methoxy groups -OCH3 is 1. The predicted octanol–water partition coefficient (Wildman–Crippen LogP) is 4.33. The Hall–Kier alpha value is -1.23. The average molecular weight is 304 g/mol. The van der Waals surface area contributed by atoms with Crippen molar-refractivity contribution in [3.63, 3.8) is 0 Å². The Morgan fingerprint density at radius 2 is 2.19 bits per heavy atom. The van der Waals surface area contributed by atoms with Crippen molar-refractivity contribution in [2.45, 2.75) is 39.8 Å². The summed E-state index contributed by atoms with van der Waals surface area (Å²) in [6.45, 7) is 8.17. The Kier molecular flexibility index (Phi) is 5.91. The lowest BCUT2D eigenvalue weighted by molar-refractivity contribution is 0.185. The van der Waals surface area contributed by atoms with Gasteiger partial charge in [-0.3, -0.25) is 0 Å². The van der Waals surface area contributed by atoms with Crippen molar-refractivity contribution in [3.8, 4) is 10.6 Å². The molecule has 1 N–H and O–H groups in total. The highest BCUT2D eigenvalue weighted by molar-refractivity contribution is 7.15. The van der Waals surface area contributed by atoms with Gasteiger partial charge in [-0.15, -0.1) is 11.3 Å². The third-order valence-corrected chi connectivity index (χ3v) is 4.80. The number of benzene rings is 1. The van der Waals surface area contributed by atoms with Gasteiger partial charge in [-0.25, -0.2) is 4.98 Å². The normalized spacial score (nSPS) is 12.6. The van der Waals surface area contributed by atoms with Crippen LogP contribution in [0.3, 0.4) is 0 Å². The highest BCUT2D eigenvalue weighted by Gasteiger charge is 2.14. The summed E-state index contributed by atoms with van der Waals surface area (Å²) in [6, 6.07) is 8.79. The highest BCUT2D eigenvalue weighted by atomic mass is 32.1. The van der Waals surface area contributed by atoms with Crippen molar-refractivity contribution in [3.05, 3.63) is 40.4 Å². The quantitative estimate of drug-likeness (QED) is 0.827. The number of aryl methyl sites for hydroxylation is 1. The van der Waals surface area contributed by atoms with E-state index in [0.717, 1.165) is 23.7 Å². The van der Waals surface area contributed by atoms with Gasteiger partial charge in [-0.05, 0) is 38.4 Å². The van der Waals surface area contributed by atoms with Gasteiger partial charge in [0.2, 0.25) is 0 Å². The van der Waals surface area contributed by atoms with Gasteiger partial charge in [0.1, 0.15) is 5.01 Å². The van der Waals surface area contributed by atoms with Crippen LogP contribution in [0.1, 0.15) is 42.4 Å². The lowest BCUT2D eigenvalue weighted by Gasteiger charge is -2.11. The van der Waals surface area contributed by atoms with E-state index in [0.29, 0.717) is 12.6 Å². The Labute approximate surface area is 131 Å². The summed E-state index contributed by atoms with van der Waals surface area (Å²) < 4.78 is 5.20. The van der Waals surface area contributed by atoms with E-state index in [9.17, 15) is 0 Å². The van der Waals surface area contributed by atoms with Crippen LogP contribution in [0.15, 0.2) is 24.3 Å².